The molecule has 0 aliphatic heterocycles. The first-order chi connectivity index (χ1) is 14.8. The van der Waals surface area contributed by atoms with E-state index in [1.54, 1.807) is 31.2 Å². The van der Waals surface area contributed by atoms with E-state index in [0.717, 1.165) is 6.07 Å². The van der Waals surface area contributed by atoms with E-state index in [1.807, 2.05) is 0 Å². The number of imidazole rings is 1. The van der Waals surface area contributed by atoms with Gasteiger partial charge in [0.1, 0.15) is 6.07 Å². The summed E-state index contributed by atoms with van der Waals surface area (Å²) in [5.74, 6) is -2.57. The Morgan fingerprint density at radius 2 is 1.77 bits per heavy atom. The predicted octanol–water partition coefficient (Wildman–Crippen LogP) is 1.99. The van der Waals surface area contributed by atoms with Crippen molar-refractivity contribution in [2.45, 2.75) is 6.92 Å². The van der Waals surface area contributed by atoms with Gasteiger partial charge in [-0.3, -0.25) is 9.20 Å². The van der Waals surface area contributed by atoms with Crippen molar-refractivity contribution < 1.29 is 19.8 Å². The lowest BCUT2D eigenvalue weighted by Crippen LogP contribution is -2.34. The molecule has 2 aromatic heterocycles. The first-order valence-electron chi connectivity index (χ1n) is 9.04. The van der Waals surface area contributed by atoms with E-state index in [1.165, 1.54) is 22.7 Å². The van der Waals surface area contributed by atoms with Crippen molar-refractivity contribution in [2.75, 3.05) is 5.32 Å². The maximum absolute atomic E-state index is 13.2. The summed E-state index contributed by atoms with van der Waals surface area (Å²) in [6.07, 6.45) is 1.33. The van der Waals surface area contributed by atoms with Crippen LogP contribution in [0.4, 0.5) is 5.69 Å². The Morgan fingerprint density at radius 3 is 2.39 bits per heavy atom. The van der Waals surface area contributed by atoms with Gasteiger partial charge in [0.25, 0.3) is 5.56 Å². The number of fused-ring (bicyclic) bond motifs is 3. The number of para-hydroxylation sites is 2. The number of nitriles is 1. The minimum atomic E-state index is -1.29. The molecule has 0 spiro atoms. The number of benzene rings is 2. The fourth-order valence-electron chi connectivity index (χ4n) is 3.40. The van der Waals surface area contributed by atoms with Gasteiger partial charge in [0.2, 0.25) is 0 Å². The van der Waals surface area contributed by atoms with Gasteiger partial charge in [-0.25, -0.2) is 14.6 Å². The second kappa shape index (κ2) is 7.27. The van der Waals surface area contributed by atoms with Crippen molar-refractivity contribution in [1.29, 1.82) is 5.26 Å². The Balaban J connectivity index is 1.96. The highest BCUT2D eigenvalue weighted by atomic mass is 16.4. The van der Waals surface area contributed by atoms with E-state index in [2.05, 4.69) is 16.4 Å². The normalized spacial score (nSPS) is 11.5. The van der Waals surface area contributed by atoms with Crippen LogP contribution in [0.3, 0.4) is 0 Å². The Labute approximate surface area is 174 Å². The maximum Gasteiger partial charge on any atom is 0.335 e. The molecule has 0 atom stereocenters. The summed E-state index contributed by atoms with van der Waals surface area (Å²) < 4.78 is 1.35. The molecule has 0 bridgehead atoms. The zero-order valence-corrected chi connectivity index (χ0v) is 16.1. The number of carboxylic acids is 2. The molecule has 9 heteroatoms. The van der Waals surface area contributed by atoms with Crippen molar-refractivity contribution in [2.24, 2.45) is 0 Å². The second-order valence-corrected chi connectivity index (χ2v) is 6.79. The van der Waals surface area contributed by atoms with Gasteiger partial charge in [-0.2, -0.15) is 5.26 Å². The van der Waals surface area contributed by atoms with Gasteiger partial charge >= 0.3 is 11.9 Å². The predicted molar refractivity (Wildman–Crippen MR) is 112 cm³/mol. The summed E-state index contributed by atoms with van der Waals surface area (Å²) in [6.45, 7) is 1.61. The molecule has 152 valence electrons. The van der Waals surface area contributed by atoms with Gasteiger partial charge < -0.3 is 15.5 Å². The van der Waals surface area contributed by atoms with E-state index in [-0.39, 0.29) is 33.2 Å². The first-order valence-corrected chi connectivity index (χ1v) is 9.04. The van der Waals surface area contributed by atoms with Crippen LogP contribution in [-0.2, 0) is 0 Å². The molecule has 0 radical (unpaired) electrons. The zero-order valence-electron chi connectivity index (χ0n) is 16.1. The number of pyridine rings is 1. The van der Waals surface area contributed by atoms with Crippen LogP contribution in [-0.4, -0.2) is 31.5 Å². The number of anilines is 1. The molecule has 0 aliphatic carbocycles. The van der Waals surface area contributed by atoms with E-state index in [4.69, 9.17) is 0 Å². The van der Waals surface area contributed by atoms with Gasteiger partial charge in [-0.1, -0.05) is 12.1 Å². The molecule has 31 heavy (non-hydrogen) atoms. The lowest BCUT2D eigenvalue weighted by atomic mass is 10.1. The zero-order chi connectivity index (χ0) is 22.3. The van der Waals surface area contributed by atoms with Gasteiger partial charge in [0, 0.05) is 11.9 Å². The van der Waals surface area contributed by atoms with E-state index in [9.17, 15) is 29.9 Å². The van der Waals surface area contributed by atoms with E-state index in [0.29, 0.717) is 16.6 Å². The van der Waals surface area contributed by atoms with Crippen molar-refractivity contribution in [3.05, 3.63) is 80.3 Å². The number of aromatic carboxylic acids is 2. The smallest absolute Gasteiger partial charge is 0.335 e. The monoisotopic (exact) mass is 414 g/mol. The summed E-state index contributed by atoms with van der Waals surface area (Å²) in [7, 11) is 0. The van der Waals surface area contributed by atoms with Crippen LogP contribution in [0.15, 0.2) is 47.3 Å². The first kappa shape index (κ1) is 19.6. The molecule has 9 nitrogen and oxygen atoms in total. The van der Waals surface area contributed by atoms with Crippen molar-refractivity contribution in [3.63, 3.8) is 0 Å². The van der Waals surface area contributed by atoms with Crippen molar-refractivity contribution in [1.82, 2.24) is 9.38 Å². The minimum absolute atomic E-state index is 0.171. The lowest BCUT2D eigenvalue weighted by molar-refractivity contribution is 0.0696. The Hall–Kier alpha value is -4.71. The number of hydrogen-bond acceptors (Lipinski definition) is 6. The minimum Gasteiger partial charge on any atom is -0.478 e. The molecule has 2 aromatic carbocycles. The number of hydrogen-bond donors (Lipinski definition) is 3. The van der Waals surface area contributed by atoms with Crippen LogP contribution in [0.5, 0.6) is 0 Å². The second-order valence-electron chi connectivity index (χ2n) is 6.79. The summed E-state index contributed by atoms with van der Waals surface area (Å²) in [6, 6.07) is 12.6. The summed E-state index contributed by atoms with van der Waals surface area (Å²) >= 11 is 0. The van der Waals surface area contributed by atoms with Crippen LogP contribution in [0, 0.1) is 18.3 Å². The Kier molecular flexibility index (Phi) is 4.60. The average molecular weight is 414 g/mol. The molecule has 0 unspecified atom stereocenters. The van der Waals surface area contributed by atoms with E-state index < -0.39 is 17.5 Å². The number of aromatic nitrogens is 2. The van der Waals surface area contributed by atoms with Gasteiger partial charge in [0.15, 0.2) is 5.65 Å². The molecule has 3 N–H and O–H groups in total. The molecule has 0 fully saturated rings. The van der Waals surface area contributed by atoms with Crippen LogP contribution < -0.4 is 16.1 Å². The molecule has 0 saturated carbocycles. The molecule has 4 rings (SSSR count). The molecule has 0 aliphatic rings. The molecule has 0 saturated heterocycles. The largest absolute Gasteiger partial charge is 0.478 e. The lowest BCUT2D eigenvalue weighted by Gasteiger charge is -2.06. The number of carbonyl (C=O) groups is 2. The fourth-order valence-corrected chi connectivity index (χ4v) is 3.40. The average Bonchev–Trinajstić information content (AvgIpc) is 3.13. The molecule has 0 amide bonds. The van der Waals surface area contributed by atoms with Crippen LogP contribution in [0.1, 0.15) is 31.8 Å². The highest BCUT2D eigenvalue weighted by molar-refractivity contribution is 5.95. The van der Waals surface area contributed by atoms with Gasteiger partial charge in [-0.05, 0) is 42.8 Å². The van der Waals surface area contributed by atoms with Crippen molar-refractivity contribution in [3.8, 4) is 6.07 Å². The third kappa shape index (κ3) is 3.22. The quantitative estimate of drug-likeness (QED) is 0.460. The topological polar surface area (TPSA) is 145 Å². The summed E-state index contributed by atoms with van der Waals surface area (Å²) in [5.41, 5.74) is 1.32. The summed E-state index contributed by atoms with van der Waals surface area (Å²) in [5, 5.41) is 31.1. The van der Waals surface area contributed by atoms with E-state index >= 15 is 0 Å². The highest BCUT2D eigenvalue weighted by Gasteiger charge is 2.16. The summed E-state index contributed by atoms with van der Waals surface area (Å²) in [4.78, 5) is 40.2. The third-order valence-corrected chi connectivity index (χ3v) is 4.92. The number of nitrogens with one attached hydrogen (secondary N) is 1. The molecular weight excluding hydrogens is 400 g/mol. The molecule has 4 aromatic rings. The van der Waals surface area contributed by atoms with Crippen LogP contribution in [0.25, 0.3) is 22.9 Å². The third-order valence-electron chi connectivity index (χ3n) is 4.92. The van der Waals surface area contributed by atoms with Gasteiger partial charge in [0.05, 0.1) is 32.9 Å². The number of nitrogens with zero attached hydrogens (tertiary/aromatic N) is 3. The fraction of sp³-hybridized carbons (Fsp3) is 0.0455. The standard InChI is InChI=1S/C22H14N4O5/c1-11-15(9-23)19-25-17-4-2-3-5-18(17)26(19)20(27)16(11)10-24-14-7-12(21(28)29)6-13(8-14)22(30)31/h2-8,10,24H,1H3,(H,28,29)(H,30,31)/b16-10-. The van der Waals surface area contributed by atoms with Gasteiger partial charge in [-0.15, -0.1) is 0 Å². The molecular formula is C22H14N4O5. The van der Waals surface area contributed by atoms with Crippen LogP contribution >= 0.6 is 0 Å². The highest BCUT2D eigenvalue weighted by Crippen LogP contribution is 2.18. The molecule has 2 heterocycles. The maximum atomic E-state index is 13.2. The van der Waals surface area contributed by atoms with Crippen molar-refractivity contribution >= 4 is 40.5 Å². The Morgan fingerprint density at radius 1 is 1.13 bits per heavy atom. The number of rotatable bonds is 4. The Bertz CT molecular complexity index is 1530. The van der Waals surface area contributed by atoms with Crippen LogP contribution in [0.2, 0.25) is 0 Å². The SMILES string of the molecule is Cc1c(C#N)c2nc3ccccc3n2c(=O)/c1=C\Nc1cc(C(=O)O)cc(C(=O)O)c1. The number of carboxylic acid groups (broad SMARTS) is 2.